The van der Waals surface area contributed by atoms with Crippen molar-refractivity contribution in [2.75, 3.05) is 54.5 Å². The fourth-order valence-corrected chi connectivity index (χ4v) is 10.1. The first kappa shape index (κ1) is 62.8. The van der Waals surface area contributed by atoms with Gasteiger partial charge >= 0.3 is 0 Å². The van der Waals surface area contributed by atoms with Crippen LogP contribution in [-0.2, 0) is 28.8 Å². The zero-order valence-electron chi connectivity index (χ0n) is 48.6. The number of rotatable bonds is 23. The molecule has 438 valence electrons. The molecule has 4 aromatic carbocycles. The first-order valence-electron chi connectivity index (χ1n) is 27.4. The number of methoxy groups -OCH3 is 2. The van der Waals surface area contributed by atoms with Gasteiger partial charge in [-0.05, 0) is 109 Å². The molecule has 0 spiro atoms. The minimum atomic E-state index is -1.09. The number of likely N-dealkylation sites (tertiary alicyclic amines) is 2. The molecule has 8 atom stereocenters. The van der Waals surface area contributed by atoms with Crippen molar-refractivity contribution in [2.45, 2.75) is 103 Å². The fraction of sp³-hybridized carbons (Fsp3) is 0.419. The Bertz CT molecular complexity index is 2940. The third-order valence-electron chi connectivity index (χ3n) is 14.6. The summed E-state index contributed by atoms with van der Waals surface area (Å²) in [6.45, 7) is 18.7. The van der Waals surface area contributed by atoms with Crippen LogP contribution >= 0.6 is 0 Å². The van der Waals surface area contributed by atoms with Gasteiger partial charge in [-0.25, -0.2) is 0 Å². The average Bonchev–Trinajstić information content (AvgIpc) is 3.86. The van der Waals surface area contributed by atoms with Gasteiger partial charge in [0.1, 0.15) is 35.7 Å². The summed E-state index contributed by atoms with van der Waals surface area (Å²) in [6.07, 6.45) is 1.60. The SMILES string of the molecule is C=CC(=C)C(NC(=O)C1CC(NC(=O)c2ccc(C(=O)NC3CC(C(=O)NC(c4ccccc4)c4ccc(OC)cc4)N(C(=O)C(NC(=O)CNC)C(C)(C)C)C3)cc2)CN1C(=O)C(NC(=O)CNC)C(C)(C)C)c1ccc(OC)cc1. The molecule has 0 bridgehead atoms. The summed E-state index contributed by atoms with van der Waals surface area (Å²) < 4.78 is 10.7. The van der Waals surface area contributed by atoms with E-state index in [0.717, 1.165) is 11.1 Å². The van der Waals surface area contributed by atoms with Crippen LogP contribution in [0.15, 0.2) is 128 Å². The molecule has 4 aromatic rings. The lowest BCUT2D eigenvalue weighted by Crippen LogP contribution is -2.58. The van der Waals surface area contributed by atoms with Crippen LogP contribution in [0, 0.1) is 10.8 Å². The zero-order chi connectivity index (χ0) is 60.1. The predicted octanol–water partition coefficient (Wildman–Crippen LogP) is 4.11. The Balaban J connectivity index is 1.21. The van der Waals surface area contributed by atoms with E-state index < -0.39 is 106 Å². The Hall–Kier alpha value is -8.36. The zero-order valence-corrected chi connectivity index (χ0v) is 48.6. The van der Waals surface area contributed by atoms with Crippen molar-refractivity contribution in [1.82, 2.24) is 52.3 Å². The van der Waals surface area contributed by atoms with Crippen LogP contribution < -0.4 is 52.0 Å². The topological polar surface area (TPSA) is 258 Å². The second-order valence-electron chi connectivity index (χ2n) is 22.8. The van der Waals surface area contributed by atoms with E-state index in [4.69, 9.17) is 9.47 Å². The molecule has 20 nitrogen and oxygen atoms in total. The third kappa shape index (κ3) is 16.0. The molecule has 8 unspecified atom stereocenters. The number of carbonyl (C=O) groups is 8. The van der Waals surface area contributed by atoms with E-state index in [1.807, 2.05) is 84.0 Å². The molecule has 0 aromatic heterocycles. The molecule has 2 heterocycles. The Morgan fingerprint density at radius 3 is 1.33 bits per heavy atom. The van der Waals surface area contributed by atoms with Crippen LogP contribution in [0.2, 0.25) is 0 Å². The third-order valence-corrected chi connectivity index (χ3v) is 14.6. The number of amides is 8. The van der Waals surface area contributed by atoms with E-state index in [-0.39, 0.29) is 50.1 Å². The van der Waals surface area contributed by atoms with Gasteiger partial charge in [0.05, 0.1) is 39.4 Å². The molecular weight excluding hydrogens is 1040 g/mol. The first-order chi connectivity index (χ1) is 38.9. The van der Waals surface area contributed by atoms with Crippen LogP contribution in [0.25, 0.3) is 0 Å². The highest BCUT2D eigenvalue weighted by atomic mass is 16.5. The van der Waals surface area contributed by atoms with E-state index >= 15 is 0 Å². The average molecular weight is 1130 g/mol. The number of hydrogen-bond donors (Lipinski definition) is 8. The van der Waals surface area contributed by atoms with Crippen molar-refractivity contribution in [3.05, 3.63) is 156 Å². The number of hydrogen-bond acceptors (Lipinski definition) is 12. The van der Waals surface area contributed by atoms with Crippen molar-refractivity contribution in [3.63, 3.8) is 0 Å². The summed E-state index contributed by atoms with van der Waals surface area (Å²) in [5, 5.41) is 23.5. The summed E-state index contributed by atoms with van der Waals surface area (Å²) in [7, 11) is 6.34. The van der Waals surface area contributed by atoms with Crippen molar-refractivity contribution in [2.24, 2.45) is 10.8 Å². The molecule has 0 saturated carbocycles. The monoisotopic (exact) mass is 1120 g/mol. The largest absolute Gasteiger partial charge is 0.497 e. The highest BCUT2D eigenvalue weighted by molar-refractivity contribution is 5.99. The summed E-state index contributed by atoms with van der Waals surface area (Å²) in [6, 6.07) is 22.7. The molecule has 2 fully saturated rings. The van der Waals surface area contributed by atoms with Gasteiger partial charge in [-0.1, -0.05) is 115 Å². The van der Waals surface area contributed by atoms with Crippen LogP contribution in [0.1, 0.15) is 104 Å². The standard InChI is InChI=1S/C62H80N10O10/c1-13-37(2)51(39-23-27-45(81-11)28-24-39)69-57(77)47-31-43(35-71(47)59(79)53(61(3,4)5)67-49(73)33-63-9)65-55(75)41-19-21-42(22-20-41)56(76)66-44-32-48(72(36-44)60(80)54(62(6,7)8)68-50(74)34-64-10)58(78)70-52(38-17-15-14-16-18-38)40-25-29-46(82-12)30-26-40/h13-30,43-44,47-48,51-54,63-64H,1-2,31-36H2,3-12H3,(H,65,75)(H,66,76)(H,67,73)(H,68,74)(H,69,77)(H,70,78). The van der Waals surface area contributed by atoms with Gasteiger partial charge < -0.3 is 61.8 Å². The molecule has 8 amide bonds. The molecule has 20 heteroatoms. The van der Waals surface area contributed by atoms with Crippen LogP contribution in [-0.4, -0.2) is 148 Å². The van der Waals surface area contributed by atoms with Gasteiger partial charge in [0.2, 0.25) is 35.4 Å². The maximum atomic E-state index is 14.7. The first-order valence-corrected chi connectivity index (χ1v) is 27.4. The van der Waals surface area contributed by atoms with Gasteiger partial charge in [0, 0.05) is 36.3 Å². The summed E-state index contributed by atoms with van der Waals surface area (Å²) >= 11 is 0. The molecule has 2 aliphatic heterocycles. The number of carbonyl (C=O) groups excluding carboxylic acids is 8. The molecule has 2 saturated heterocycles. The lowest BCUT2D eigenvalue weighted by molar-refractivity contribution is -0.144. The van der Waals surface area contributed by atoms with E-state index in [1.165, 1.54) is 40.1 Å². The molecular formula is C62H80N10O10. The van der Waals surface area contributed by atoms with E-state index in [2.05, 4.69) is 55.7 Å². The van der Waals surface area contributed by atoms with Crippen LogP contribution in [0.5, 0.6) is 11.5 Å². The van der Waals surface area contributed by atoms with Gasteiger partial charge in [0.15, 0.2) is 0 Å². The van der Waals surface area contributed by atoms with Gasteiger partial charge in [-0.2, -0.15) is 0 Å². The molecule has 6 rings (SSSR count). The molecule has 0 radical (unpaired) electrons. The summed E-state index contributed by atoms with van der Waals surface area (Å²) in [5.74, 6) is -2.63. The normalized spacial score (nSPS) is 18.4. The summed E-state index contributed by atoms with van der Waals surface area (Å²) in [4.78, 5) is 115. The predicted molar refractivity (Wildman–Crippen MR) is 312 cm³/mol. The van der Waals surface area contributed by atoms with Crippen LogP contribution in [0.3, 0.4) is 0 Å². The second-order valence-corrected chi connectivity index (χ2v) is 22.8. The smallest absolute Gasteiger partial charge is 0.251 e. The Morgan fingerprint density at radius 2 is 0.951 bits per heavy atom. The molecule has 8 N–H and O–H groups in total. The molecule has 0 aliphatic carbocycles. The van der Waals surface area contributed by atoms with E-state index in [0.29, 0.717) is 22.6 Å². The van der Waals surface area contributed by atoms with Gasteiger partial charge in [-0.3, -0.25) is 38.4 Å². The quantitative estimate of drug-likeness (QED) is 0.0489. The van der Waals surface area contributed by atoms with E-state index in [1.54, 1.807) is 64.7 Å². The molecule has 82 heavy (non-hydrogen) atoms. The van der Waals surface area contributed by atoms with Gasteiger partial charge in [-0.15, -0.1) is 0 Å². The number of nitrogens with one attached hydrogen (secondary N) is 8. The second kappa shape index (κ2) is 27.9. The highest BCUT2D eigenvalue weighted by Crippen LogP contribution is 2.32. The Kier molecular flexibility index (Phi) is 21.4. The molecule has 2 aliphatic rings. The van der Waals surface area contributed by atoms with Crippen molar-refractivity contribution >= 4 is 47.3 Å². The number of likely N-dealkylation sites (N-methyl/N-ethyl adjacent to an activating group) is 2. The van der Waals surface area contributed by atoms with Crippen molar-refractivity contribution in [3.8, 4) is 11.5 Å². The van der Waals surface area contributed by atoms with Crippen molar-refractivity contribution < 1.29 is 47.8 Å². The highest BCUT2D eigenvalue weighted by Gasteiger charge is 2.47. The Labute approximate surface area is 481 Å². The van der Waals surface area contributed by atoms with E-state index in [9.17, 15) is 38.4 Å². The fourth-order valence-electron chi connectivity index (χ4n) is 10.1. The van der Waals surface area contributed by atoms with Crippen LogP contribution in [0.4, 0.5) is 0 Å². The minimum Gasteiger partial charge on any atom is -0.497 e. The lowest BCUT2D eigenvalue weighted by Gasteiger charge is -2.35. The maximum Gasteiger partial charge on any atom is 0.251 e. The lowest BCUT2D eigenvalue weighted by atomic mass is 9.85. The minimum absolute atomic E-state index is 0.0220. The maximum absolute atomic E-state index is 14.7. The number of benzene rings is 4. The number of ether oxygens (including phenoxy) is 2. The van der Waals surface area contributed by atoms with Gasteiger partial charge in [0.25, 0.3) is 11.8 Å². The summed E-state index contributed by atoms with van der Waals surface area (Å²) in [5.41, 5.74) is 1.55. The number of nitrogens with zero attached hydrogens (tertiary/aromatic N) is 2. The Morgan fingerprint density at radius 1 is 0.561 bits per heavy atom. The van der Waals surface area contributed by atoms with Crippen molar-refractivity contribution in [1.29, 1.82) is 0 Å².